The largest absolute Gasteiger partial charge is 0.385 e. The van der Waals surface area contributed by atoms with E-state index >= 15 is 0 Å². The van der Waals surface area contributed by atoms with E-state index < -0.39 is 5.25 Å². The minimum atomic E-state index is -0.523. The number of rotatable bonds is 8. The van der Waals surface area contributed by atoms with E-state index in [0.29, 0.717) is 35.5 Å². The molecule has 2 amide bonds. The number of hydrogen-bond acceptors (Lipinski definition) is 5. The summed E-state index contributed by atoms with van der Waals surface area (Å²) in [7, 11) is 1.63. The van der Waals surface area contributed by atoms with E-state index in [1.807, 2.05) is 32.0 Å². The highest BCUT2D eigenvalue weighted by Crippen LogP contribution is 2.34. The first-order valence-corrected chi connectivity index (χ1v) is 11.3. The minimum absolute atomic E-state index is 0.0581. The second kappa shape index (κ2) is 10.8. The second-order valence-corrected chi connectivity index (χ2v) is 8.95. The lowest BCUT2D eigenvalue weighted by Gasteiger charge is -2.17. The van der Waals surface area contributed by atoms with E-state index in [9.17, 15) is 9.59 Å². The maximum absolute atomic E-state index is 13.1. The molecule has 3 rings (SSSR count). The number of aryl methyl sites for hydroxylation is 2. The van der Waals surface area contributed by atoms with Gasteiger partial charge in [-0.2, -0.15) is 0 Å². The highest BCUT2D eigenvalue weighted by Gasteiger charge is 2.39. The van der Waals surface area contributed by atoms with Gasteiger partial charge in [0, 0.05) is 37.4 Å². The summed E-state index contributed by atoms with van der Waals surface area (Å²) in [5.41, 5.74) is 3.55. The number of benzene rings is 2. The van der Waals surface area contributed by atoms with E-state index in [4.69, 9.17) is 21.3 Å². The number of ether oxygens (including phenoxy) is 1. The third kappa shape index (κ3) is 6.09. The van der Waals surface area contributed by atoms with Gasteiger partial charge in [-0.15, -0.1) is 0 Å². The molecule has 6 nitrogen and oxygen atoms in total. The van der Waals surface area contributed by atoms with Crippen LogP contribution in [-0.2, 0) is 14.3 Å². The SMILES string of the molecule is COCCCN1C(=O)C(CC(=O)Nc2cccc(Cl)c2)SC1=Nc1c(C)cccc1C. The van der Waals surface area contributed by atoms with Gasteiger partial charge in [0.1, 0.15) is 5.25 Å². The summed E-state index contributed by atoms with van der Waals surface area (Å²) in [6, 6.07) is 12.9. The molecule has 1 fully saturated rings. The van der Waals surface area contributed by atoms with Crippen LogP contribution in [-0.4, -0.2) is 47.4 Å². The quantitative estimate of drug-likeness (QED) is 0.567. The number of para-hydroxylation sites is 1. The van der Waals surface area contributed by atoms with Crippen LogP contribution in [0.4, 0.5) is 11.4 Å². The number of hydrogen-bond donors (Lipinski definition) is 1. The number of carbonyl (C=O) groups is 2. The predicted molar refractivity (Wildman–Crippen MR) is 127 cm³/mol. The summed E-state index contributed by atoms with van der Waals surface area (Å²) in [6.07, 6.45) is 0.749. The van der Waals surface area contributed by atoms with Gasteiger partial charge in [0.2, 0.25) is 11.8 Å². The fraction of sp³-hybridized carbons (Fsp3) is 0.348. The molecule has 1 atom stereocenters. The molecule has 1 N–H and O–H groups in total. The van der Waals surface area contributed by atoms with Crippen molar-refractivity contribution in [2.75, 3.05) is 25.6 Å². The summed E-state index contributed by atoms with van der Waals surface area (Å²) >= 11 is 7.32. The van der Waals surface area contributed by atoms with Crippen molar-refractivity contribution in [3.63, 3.8) is 0 Å². The highest BCUT2D eigenvalue weighted by molar-refractivity contribution is 8.15. The zero-order chi connectivity index (χ0) is 22.4. The number of halogens is 1. The summed E-state index contributed by atoms with van der Waals surface area (Å²) < 4.78 is 5.14. The zero-order valence-corrected chi connectivity index (χ0v) is 19.4. The molecule has 0 bridgehead atoms. The van der Waals surface area contributed by atoms with Crippen molar-refractivity contribution in [2.45, 2.75) is 31.9 Å². The summed E-state index contributed by atoms with van der Waals surface area (Å²) in [5.74, 6) is -0.342. The Kier molecular flexibility index (Phi) is 8.12. The average molecular weight is 460 g/mol. The van der Waals surface area contributed by atoms with Crippen molar-refractivity contribution in [3.8, 4) is 0 Å². The van der Waals surface area contributed by atoms with Crippen LogP contribution in [0.15, 0.2) is 47.5 Å². The summed E-state index contributed by atoms with van der Waals surface area (Å²) in [5, 5.41) is 3.45. The Morgan fingerprint density at radius 2 is 1.94 bits per heavy atom. The molecule has 31 heavy (non-hydrogen) atoms. The van der Waals surface area contributed by atoms with Gasteiger partial charge < -0.3 is 10.1 Å². The van der Waals surface area contributed by atoms with Crippen molar-refractivity contribution >= 4 is 51.7 Å². The van der Waals surface area contributed by atoms with Gasteiger partial charge in [-0.25, -0.2) is 4.99 Å². The summed E-state index contributed by atoms with van der Waals surface area (Å²) in [6.45, 7) is 5.04. The molecule has 1 saturated heterocycles. The molecule has 2 aromatic rings. The van der Waals surface area contributed by atoms with Gasteiger partial charge in [0.15, 0.2) is 5.17 Å². The van der Waals surface area contributed by atoms with Crippen LogP contribution in [0.5, 0.6) is 0 Å². The average Bonchev–Trinajstić information content (AvgIpc) is 3.00. The first-order valence-electron chi connectivity index (χ1n) is 10.1. The van der Waals surface area contributed by atoms with Crippen LogP contribution < -0.4 is 5.32 Å². The van der Waals surface area contributed by atoms with Crippen molar-refractivity contribution < 1.29 is 14.3 Å². The summed E-state index contributed by atoms with van der Waals surface area (Å²) in [4.78, 5) is 32.2. The molecule has 0 spiro atoms. The van der Waals surface area contributed by atoms with Crippen LogP contribution in [0.1, 0.15) is 24.0 Å². The number of amides is 2. The number of methoxy groups -OCH3 is 1. The van der Waals surface area contributed by atoms with Crippen molar-refractivity contribution in [3.05, 3.63) is 58.6 Å². The lowest BCUT2D eigenvalue weighted by Crippen LogP contribution is -2.34. The standard InChI is InChI=1S/C23H26ClN3O3S/c1-15-7-4-8-16(2)21(15)26-23-27(11-6-12-30-3)22(29)19(31-23)14-20(28)25-18-10-5-9-17(24)13-18/h4-5,7-10,13,19H,6,11-12,14H2,1-3H3,(H,25,28). The monoisotopic (exact) mass is 459 g/mol. The molecule has 1 unspecified atom stereocenters. The molecule has 2 aromatic carbocycles. The molecule has 0 saturated carbocycles. The van der Waals surface area contributed by atoms with Gasteiger partial charge in [-0.3, -0.25) is 14.5 Å². The number of carbonyl (C=O) groups excluding carboxylic acids is 2. The number of nitrogens with zero attached hydrogens (tertiary/aromatic N) is 2. The lowest BCUT2D eigenvalue weighted by atomic mass is 10.1. The molecule has 164 valence electrons. The normalized spacial score (nSPS) is 17.4. The lowest BCUT2D eigenvalue weighted by molar-refractivity contribution is -0.128. The fourth-order valence-electron chi connectivity index (χ4n) is 3.32. The number of nitrogens with one attached hydrogen (secondary N) is 1. The Labute approximate surface area is 192 Å². The Balaban J connectivity index is 1.78. The van der Waals surface area contributed by atoms with E-state index in [1.165, 1.54) is 11.8 Å². The number of thioether (sulfide) groups is 1. The maximum atomic E-state index is 13.1. The smallest absolute Gasteiger partial charge is 0.242 e. The third-order valence-electron chi connectivity index (χ3n) is 4.88. The fourth-order valence-corrected chi connectivity index (χ4v) is 4.68. The zero-order valence-electron chi connectivity index (χ0n) is 17.9. The van der Waals surface area contributed by atoms with Crippen LogP contribution in [0.3, 0.4) is 0 Å². The van der Waals surface area contributed by atoms with Crippen LogP contribution >= 0.6 is 23.4 Å². The highest BCUT2D eigenvalue weighted by atomic mass is 35.5. The Hall–Kier alpha value is -2.35. The number of aliphatic imine (C=N–C) groups is 1. The molecule has 0 aliphatic carbocycles. The van der Waals surface area contributed by atoms with Crippen LogP contribution in [0.25, 0.3) is 0 Å². The van der Waals surface area contributed by atoms with Gasteiger partial charge in [-0.05, 0) is 49.6 Å². The van der Waals surface area contributed by atoms with Crippen molar-refractivity contribution in [1.82, 2.24) is 4.90 Å². The molecule has 0 aromatic heterocycles. The molecular formula is C23H26ClN3O3S. The molecule has 1 heterocycles. The topological polar surface area (TPSA) is 71.0 Å². The van der Waals surface area contributed by atoms with Gasteiger partial charge in [0.25, 0.3) is 0 Å². The Morgan fingerprint density at radius 1 is 1.23 bits per heavy atom. The molecular weight excluding hydrogens is 434 g/mol. The van der Waals surface area contributed by atoms with E-state index in [2.05, 4.69) is 5.32 Å². The molecule has 1 aliphatic rings. The molecule has 1 aliphatic heterocycles. The Bertz CT molecular complexity index is 976. The van der Waals surface area contributed by atoms with Gasteiger partial charge in [0.05, 0.1) is 5.69 Å². The number of amidine groups is 1. The van der Waals surface area contributed by atoms with Crippen molar-refractivity contribution in [2.24, 2.45) is 4.99 Å². The van der Waals surface area contributed by atoms with Gasteiger partial charge >= 0.3 is 0 Å². The first kappa shape index (κ1) is 23.3. The van der Waals surface area contributed by atoms with E-state index in [-0.39, 0.29) is 18.2 Å². The molecule has 0 radical (unpaired) electrons. The first-order chi connectivity index (χ1) is 14.9. The predicted octanol–water partition coefficient (Wildman–Crippen LogP) is 4.95. The number of anilines is 1. The third-order valence-corrected chi connectivity index (χ3v) is 6.29. The van der Waals surface area contributed by atoms with Crippen LogP contribution in [0, 0.1) is 13.8 Å². The minimum Gasteiger partial charge on any atom is -0.385 e. The Morgan fingerprint density at radius 3 is 2.61 bits per heavy atom. The molecule has 8 heteroatoms. The van der Waals surface area contributed by atoms with Crippen molar-refractivity contribution in [1.29, 1.82) is 0 Å². The van der Waals surface area contributed by atoms with Gasteiger partial charge in [-0.1, -0.05) is 47.6 Å². The van der Waals surface area contributed by atoms with Crippen LogP contribution in [0.2, 0.25) is 5.02 Å². The maximum Gasteiger partial charge on any atom is 0.242 e. The van der Waals surface area contributed by atoms with E-state index in [1.54, 1.807) is 36.3 Å². The second-order valence-electron chi connectivity index (χ2n) is 7.34. The van der Waals surface area contributed by atoms with E-state index in [0.717, 1.165) is 16.8 Å².